The minimum Gasteiger partial charge on any atom is -0.341 e. The average molecular weight is 353 g/mol. The first-order chi connectivity index (χ1) is 11.7. The van der Waals surface area contributed by atoms with Gasteiger partial charge in [0.2, 0.25) is 0 Å². The molecule has 0 spiro atoms. The molecule has 132 valence electrons. The van der Waals surface area contributed by atoms with Crippen LogP contribution >= 0.6 is 0 Å². The standard InChI is InChI=1S/C16H14F3N3O3/c1-20-15(25)21-14(24)11-4-2-10(3-5-11)8-22-9-12(16(17,18)19)6-7-13(22)23/h2-7,9H,8H2,1H3,(H2,20,21,24,25). The number of hydrogen-bond donors (Lipinski definition) is 2. The van der Waals surface area contributed by atoms with E-state index >= 15 is 0 Å². The highest BCUT2D eigenvalue weighted by atomic mass is 19.4. The Morgan fingerprint density at radius 1 is 1.08 bits per heavy atom. The summed E-state index contributed by atoms with van der Waals surface area (Å²) in [5.41, 5.74) is -0.773. The highest BCUT2D eigenvalue weighted by Crippen LogP contribution is 2.28. The van der Waals surface area contributed by atoms with Gasteiger partial charge < -0.3 is 9.88 Å². The molecule has 0 unspecified atom stereocenters. The van der Waals surface area contributed by atoms with E-state index in [1.54, 1.807) is 0 Å². The molecule has 0 fully saturated rings. The summed E-state index contributed by atoms with van der Waals surface area (Å²) in [5, 5.41) is 4.31. The summed E-state index contributed by atoms with van der Waals surface area (Å²) in [7, 11) is 1.36. The molecule has 1 aromatic carbocycles. The maximum Gasteiger partial charge on any atom is 0.417 e. The van der Waals surface area contributed by atoms with Crippen molar-refractivity contribution >= 4 is 11.9 Å². The van der Waals surface area contributed by atoms with E-state index < -0.39 is 29.2 Å². The number of nitrogens with one attached hydrogen (secondary N) is 2. The van der Waals surface area contributed by atoms with Crippen molar-refractivity contribution in [1.82, 2.24) is 15.2 Å². The van der Waals surface area contributed by atoms with E-state index in [2.05, 4.69) is 10.6 Å². The number of benzene rings is 1. The molecule has 0 atom stereocenters. The minimum absolute atomic E-state index is 0.0832. The molecule has 1 aromatic heterocycles. The molecule has 1 heterocycles. The molecule has 0 saturated carbocycles. The number of carbonyl (C=O) groups excluding carboxylic acids is 2. The third kappa shape index (κ3) is 4.69. The molecule has 6 nitrogen and oxygen atoms in total. The Labute approximate surface area is 140 Å². The molecular weight excluding hydrogens is 339 g/mol. The van der Waals surface area contributed by atoms with Gasteiger partial charge in [-0.25, -0.2) is 4.79 Å². The molecule has 2 N–H and O–H groups in total. The van der Waals surface area contributed by atoms with Gasteiger partial charge in [-0.2, -0.15) is 13.2 Å². The third-order valence-electron chi connectivity index (χ3n) is 3.33. The number of amides is 3. The van der Waals surface area contributed by atoms with Crippen molar-refractivity contribution in [3.05, 3.63) is 69.6 Å². The Balaban J connectivity index is 2.18. The minimum atomic E-state index is -4.54. The number of imide groups is 1. The summed E-state index contributed by atoms with van der Waals surface area (Å²) in [4.78, 5) is 34.5. The van der Waals surface area contributed by atoms with E-state index in [0.29, 0.717) is 5.56 Å². The van der Waals surface area contributed by atoms with Gasteiger partial charge in [0.05, 0.1) is 12.1 Å². The quantitative estimate of drug-likeness (QED) is 0.886. The van der Waals surface area contributed by atoms with Crippen LogP contribution in [0.25, 0.3) is 0 Å². The van der Waals surface area contributed by atoms with E-state index in [9.17, 15) is 27.6 Å². The highest BCUT2D eigenvalue weighted by Gasteiger charge is 2.31. The molecule has 3 amide bonds. The summed E-state index contributed by atoms with van der Waals surface area (Å²) in [6, 6.07) is 6.72. The summed E-state index contributed by atoms with van der Waals surface area (Å²) in [5.74, 6) is -0.623. The Morgan fingerprint density at radius 2 is 1.72 bits per heavy atom. The van der Waals surface area contributed by atoms with E-state index in [4.69, 9.17) is 0 Å². The van der Waals surface area contributed by atoms with Gasteiger partial charge >= 0.3 is 12.2 Å². The number of pyridine rings is 1. The van der Waals surface area contributed by atoms with Crippen LogP contribution in [0.15, 0.2) is 47.4 Å². The molecule has 25 heavy (non-hydrogen) atoms. The van der Waals surface area contributed by atoms with E-state index in [-0.39, 0.29) is 12.1 Å². The molecule has 0 radical (unpaired) electrons. The first-order valence-corrected chi connectivity index (χ1v) is 7.10. The largest absolute Gasteiger partial charge is 0.417 e. The van der Waals surface area contributed by atoms with E-state index in [1.165, 1.54) is 31.3 Å². The van der Waals surface area contributed by atoms with Gasteiger partial charge in [0.25, 0.3) is 11.5 Å². The SMILES string of the molecule is CNC(=O)NC(=O)c1ccc(Cn2cc(C(F)(F)F)ccc2=O)cc1. The summed E-state index contributed by atoms with van der Waals surface area (Å²) < 4.78 is 39.1. The zero-order valence-electron chi connectivity index (χ0n) is 13.1. The lowest BCUT2D eigenvalue weighted by Gasteiger charge is -2.11. The lowest BCUT2D eigenvalue weighted by atomic mass is 10.1. The lowest BCUT2D eigenvalue weighted by Crippen LogP contribution is -2.37. The van der Waals surface area contributed by atoms with Gasteiger partial charge in [-0.05, 0) is 23.8 Å². The fourth-order valence-corrected chi connectivity index (χ4v) is 2.02. The van der Waals surface area contributed by atoms with Crippen LogP contribution in [0.3, 0.4) is 0 Å². The van der Waals surface area contributed by atoms with Gasteiger partial charge in [0.1, 0.15) is 0 Å². The Bertz CT molecular complexity index is 842. The van der Waals surface area contributed by atoms with Crippen molar-refractivity contribution < 1.29 is 22.8 Å². The van der Waals surface area contributed by atoms with Crippen molar-refractivity contribution in [2.45, 2.75) is 12.7 Å². The highest BCUT2D eigenvalue weighted by molar-refractivity contribution is 6.04. The van der Waals surface area contributed by atoms with Crippen LogP contribution in [-0.2, 0) is 12.7 Å². The normalized spacial score (nSPS) is 11.0. The Hall–Kier alpha value is -3.10. The molecule has 2 rings (SSSR count). The number of nitrogens with zero attached hydrogens (tertiary/aromatic N) is 1. The lowest BCUT2D eigenvalue weighted by molar-refractivity contribution is -0.138. The van der Waals surface area contributed by atoms with Gasteiger partial charge in [-0.15, -0.1) is 0 Å². The molecule has 0 bridgehead atoms. The zero-order valence-corrected chi connectivity index (χ0v) is 13.1. The fraction of sp³-hybridized carbons (Fsp3) is 0.188. The molecule has 0 aliphatic heterocycles. The number of rotatable bonds is 3. The first kappa shape index (κ1) is 18.2. The second kappa shape index (κ2) is 7.20. The molecule has 9 heteroatoms. The third-order valence-corrected chi connectivity index (χ3v) is 3.33. The van der Waals surface area contributed by atoms with Gasteiger partial charge in [-0.3, -0.25) is 14.9 Å². The van der Waals surface area contributed by atoms with E-state index in [0.717, 1.165) is 22.9 Å². The smallest absolute Gasteiger partial charge is 0.341 e. The number of alkyl halides is 3. The van der Waals surface area contributed by atoms with Crippen LogP contribution in [0.1, 0.15) is 21.5 Å². The van der Waals surface area contributed by atoms with Crippen molar-refractivity contribution in [3.63, 3.8) is 0 Å². The second-order valence-electron chi connectivity index (χ2n) is 5.11. The van der Waals surface area contributed by atoms with Gasteiger partial charge in [-0.1, -0.05) is 12.1 Å². The van der Waals surface area contributed by atoms with Gasteiger partial charge in [0, 0.05) is 24.9 Å². The number of carbonyl (C=O) groups is 2. The van der Waals surface area contributed by atoms with Crippen molar-refractivity contribution in [2.24, 2.45) is 0 Å². The Morgan fingerprint density at radius 3 is 2.28 bits per heavy atom. The molecule has 0 aliphatic carbocycles. The monoisotopic (exact) mass is 353 g/mol. The topological polar surface area (TPSA) is 80.2 Å². The van der Waals surface area contributed by atoms with Crippen LogP contribution in [-0.4, -0.2) is 23.6 Å². The predicted octanol–water partition coefficient (Wildman–Crippen LogP) is 1.98. The van der Waals surface area contributed by atoms with Crippen LogP contribution < -0.4 is 16.2 Å². The number of aromatic nitrogens is 1. The van der Waals surface area contributed by atoms with Crippen molar-refractivity contribution in [2.75, 3.05) is 7.05 Å². The van der Waals surface area contributed by atoms with Gasteiger partial charge in [0.15, 0.2) is 0 Å². The van der Waals surface area contributed by atoms with Crippen molar-refractivity contribution in [1.29, 1.82) is 0 Å². The first-order valence-electron chi connectivity index (χ1n) is 7.10. The number of hydrogen-bond acceptors (Lipinski definition) is 3. The summed E-state index contributed by atoms with van der Waals surface area (Å²) in [6.07, 6.45) is -3.80. The average Bonchev–Trinajstić information content (AvgIpc) is 2.56. The zero-order chi connectivity index (χ0) is 18.6. The predicted molar refractivity (Wildman–Crippen MR) is 83.2 cm³/mol. The maximum absolute atomic E-state index is 12.7. The maximum atomic E-state index is 12.7. The summed E-state index contributed by atoms with van der Waals surface area (Å²) in [6.45, 7) is -0.0832. The van der Waals surface area contributed by atoms with Crippen molar-refractivity contribution in [3.8, 4) is 0 Å². The Kier molecular flexibility index (Phi) is 5.26. The molecule has 0 saturated heterocycles. The van der Waals surface area contributed by atoms with Crippen LogP contribution in [0.2, 0.25) is 0 Å². The molecule has 2 aromatic rings. The van der Waals surface area contributed by atoms with Crippen LogP contribution in [0.5, 0.6) is 0 Å². The van der Waals surface area contributed by atoms with Crippen LogP contribution in [0.4, 0.5) is 18.0 Å². The molecular formula is C16H14F3N3O3. The van der Waals surface area contributed by atoms with Crippen LogP contribution in [0, 0.1) is 0 Å². The summed E-state index contributed by atoms with van der Waals surface area (Å²) >= 11 is 0. The number of urea groups is 1. The second-order valence-corrected chi connectivity index (χ2v) is 5.11. The van der Waals surface area contributed by atoms with E-state index in [1.807, 2.05) is 0 Å². The fourth-order valence-electron chi connectivity index (χ4n) is 2.02. The molecule has 0 aliphatic rings. The number of halogens is 3.